The van der Waals surface area contributed by atoms with E-state index < -0.39 is 0 Å². The third kappa shape index (κ3) is 3.95. The van der Waals surface area contributed by atoms with Crippen LogP contribution in [0.15, 0.2) is 56.7 Å². The highest BCUT2D eigenvalue weighted by Crippen LogP contribution is 2.38. The molecule has 1 aromatic carbocycles. The number of pyridine rings is 1. The van der Waals surface area contributed by atoms with E-state index in [9.17, 15) is 9.59 Å². The normalized spacial score (nSPS) is 13.5. The maximum atomic E-state index is 12.5. The van der Waals surface area contributed by atoms with Crippen molar-refractivity contribution in [1.82, 2.24) is 14.7 Å². The van der Waals surface area contributed by atoms with E-state index in [0.29, 0.717) is 23.1 Å². The number of benzene rings is 1. The Hall–Kier alpha value is -2.87. The number of anilines is 1. The summed E-state index contributed by atoms with van der Waals surface area (Å²) in [6, 6.07) is 12.3. The zero-order chi connectivity index (χ0) is 18.8. The highest BCUT2D eigenvalue weighted by molar-refractivity contribution is 7.98. The van der Waals surface area contributed by atoms with E-state index in [1.54, 1.807) is 23.9 Å². The third-order valence-corrected chi connectivity index (χ3v) is 5.03. The second-order valence-corrected chi connectivity index (χ2v) is 7.23. The van der Waals surface area contributed by atoms with Crippen molar-refractivity contribution >= 4 is 23.4 Å². The van der Waals surface area contributed by atoms with E-state index in [4.69, 9.17) is 4.52 Å². The van der Waals surface area contributed by atoms with E-state index >= 15 is 0 Å². The Bertz CT molecular complexity index is 1040. The van der Waals surface area contributed by atoms with Crippen LogP contribution < -0.4 is 10.9 Å². The highest BCUT2D eigenvalue weighted by atomic mass is 32.2. The first-order chi connectivity index (χ1) is 13.1. The van der Waals surface area contributed by atoms with Gasteiger partial charge in [0.05, 0.1) is 0 Å². The summed E-state index contributed by atoms with van der Waals surface area (Å²) in [5.41, 5.74) is 0.827. The van der Waals surface area contributed by atoms with Gasteiger partial charge in [-0.2, -0.15) is 4.98 Å². The SMILES string of the molecule is CSc1cccc(NC(=O)Cn2c(-c3nc(C4CC4)no3)cccc2=O)c1. The Morgan fingerprint density at radius 1 is 1.30 bits per heavy atom. The van der Waals surface area contributed by atoms with Gasteiger partial charge in [0.25, 0.3) is 11.4 Å². The predicted octanol–water partition coefficient (Wildman–Crippen LogP) is 3.14. The van der Waals surface area contributed by atoms with Gasteiger partial charge in [0.2, 0.25) is 5.91 Å². The van der Waals surface area contributed by atoms with Crippen molar-refractivity contribution in [2.24, 2.45) is 0 Å². The van der Waals surface area contributed by atoms with Crippen molar-refractivity contribution in [3.8, 4) is 11.6 Å². The molecule has 1 amide bonds. The molecule has 0 saturated heterocycles. The lowest BCUT2D eigenvalue weighted by molar-refractivity contribution is -0.116. The van der Waals surface area contributed by atoms with Crippen molar-refractivity contribution in [2.75, 3.05) is 11.6 Å². The number of nitrogens with one attached hydrogen (secondary N) is 1. The number of thioether (sulfide) groups is 1. The summed E-state index contributed by atoms with van der Waals surface area (Å²) < 4.78 is 6.67. The average Bonchev–Trinajstić information content (AvgIpc) is 3.41. The third-order valence-electron chi connectivity index (χ3n) is 4.31. The molecule has 1 fully saturated rings. The Morgan fingerprint density at radius 2 is 2.11 bits per heavy atom. The van der Waals surface area contributed by atoms with E-state index in [2.05, 4.69) is 15.5 Å². The number of hydrogen-bond donors (Lipinski definition) is 1. The summed E-state index contributed by atoms with van der Waals surface area (Å²) in [5, 5.41) is 6.81. The molecule has 2 aromatic heterocycles. The second kappa shape index (κ2) is 7.40. The maximum absolute atomic E-state index is 12.5. The first-order valence-corrected chi connectivity index (χ1v) is 9.84. The number of carbonyl (C=O) groups is 1. The summed E-state index contributed by atoms with van der Waals surface area (Å²) in [6.45, 7) is -0.139. The zero-order valence-electron chi connectivity index (χ0n) is 14.7. The lowest BCUT2D eigenvalue weighted by Gasteiger charge is -2.11. The molecule has 1 saturated carbocycles. The molecule has 3 aromatic rings. The highest BCUT2D eigenvalue weighted by Gasteiger charge is 2.29. The van der Waals surface area contributed by atoms with Gasteiger partial charge in [-0.25, -0.2) is 0 Å². The molecule has 27 heavy (non-hydrogen) atoms. The first kappa shape index (κ1) is 17.5. The number of nitrogens with zero attached hydrogens (tertiary/aromatic N) is 3. The largest absolute Gasteiger partial charge is 0.332 e. The van der Waals surface area contributed by atoms with Crippen molar-refractivity contribution in [1.29, 1.82) is 0 Å². The molecule has 7 nitrogen and oxygen atoms in total. The van der Waals surface area contributed by atoms with Crippen molar-refractivity contribution in [3.63, 3.8) is 0 Å². The van der Waals surface area contributed by atoms with Crippen molar-refractivity contribution in [2.45, 2.75) is 30.2 Å². The number of carbonyl (C=O) groups excluding carboxylic acids is 1. The number of amides is 1. The molecule has 8 heteroatoms. The van der Waals surface area contributed by atoms with Gasteiger partial charge in [-0.1, -0.05) is 17.3 Å². The quantitative estimate of drug-likeness (QED) is 0.659. The van der Waals surface area contributed by atoms with E-state index in [0.717, 1.165) is 17.7 Å². The van der Waals surface area contributed by atoms with Gasteiger partial charge in [0.1, 0.15) is 12.2 Å². The van der Waals surface area contributed by atoms with Gasteiger partial charge < -0.3 is 9.84 Å². The zero-order valence-corrected chi connectivity index (χ0v) is 15.5. The van der Waals surface area contributed by atoms with Crippen LogP contribution in [0.3, 0.4) is 0 Å². The van der Waals surface area contributed by atoms with Gasteiger partial charge in [-0.05, 0) is 43.4 Å². The minimum absolute atomic E-state index is 0.139. The van der Waals surface area contributed by atoms with Gasteiger partial charge >= 0.3 is 0 Å². The standard InChI is InChI=1S/C19H18N4O3S/c1-27-14-5-2-4-13(10-14)20-16(24)11-23-15(6-3-7-17(23)25)19-21-18(22-26-19)12-8-9-12/h2-7,10,12H,8-9,11H2,1H3,(H,20,24). The molecule has 0 atom stereocenters. The van der Waals surface area contributed by atoms with Gasteiger partial charge in [0.15, 0.2) is 5.82 Å². The number of aromatic nitrogens is 3. The van der Waals surface area contributed by atoms with Crippen LogP contribution in [-0.2, 0) is 11.3 Å². The summed E-state index contributed by atoms with van der Waals surface area (Å²) in [7, 11) is 0. The van der Waals surface area contributed by atoms with E-state index in [1.807, 2.05) is 30.5 Å². The van der Waals surface area contributed by atoms with Crippen LogP contribution >= 0.6 is 11.8 Å². The molecular weight excluding hydrogens is 364 g/mol. The predicted molar refractivity (Wildman–Crippen MR) is 103 cm³/mol. The van der Waals surface area contributed by atoms with Crippen LogP contribution in [0.1, 0.15) is 24.6 Å². The molecule has 1 aliphatic carbocycles. The first-order valence-electron chi connectivity index (χ1n) is 8.62. The molecule has 0 unspecified atom stereocenters. The molecule has 0 radical (unpaired) electrons. The van der Waals surface area contributed by atoms with E-state index in [-0.39, 0.29) is 23.9 Å². The van der Waals surface area contributed by atoms with Crippen LogP contribution in [-0.4, -0.2) is 26.9 Å². The molecule has 0 spiro atoms. The Morgan fingerprint density at radius 3 is 2.89 bits per heavy atom. The molecule has 1 N–H and O–H groups in total. The molecule has 1 aliphatic rings. The van der Waals surface area contributed by atoms with Crippen molar-refractivity contribution in [3.05, 3.63) is 58.6 Å². The molecular formula is C19H18N4O3S. The summed E-state index contributed by atoms with van der Waals surface area (Å²) >= 11 is 1.59. The summed E-state index contributed by atoms with van der Waals surface area (Å²) in [6.07, 6.45) is 4.08. The molecule has 138 valence electrons. The summed E-state index contributed by atoms with van der Waals surface area (Å²) in [5.74, 6) is 0.959. The molecule has 0 aliphatic heterocycles. The molecule has 2 heterocycles. The van der Waals surface area contributed by atoms with Gasteiger partial charge in [-0.3, -0.25) is 14.2 Å². The summed E-state index contributed by atoms with van der Waals surface area (Å²) in [4.78, 5) is 30.3. The van der Waals surface area contributed by atoms with Crippen LogP contribution in [0, 0.1) is 0 Å². The number of rotatable bonds is 6. The smallest absolute Gasteiger partial charge is 0.274 e. The van der Waals surface area contributed by atoms with Crippen LogP contribution in [0.5, 0.6) is 0 Å². The minimum atomic E-state index is -0.301. The molecule has 4 rings (SSSR count). The topological polar surface area (TPSA) is 90.0 Å². The number of hydrogen-bond acceptors (Lipinski definition) is 6. The van der Waals surface area contributed by atoms with Gasteiger partial charge in [0, 0.05) is 22.6 Å². The lowest BCUT2D eigenvalue weighted by Crippen LogP contribution is -2.28. The Labute approximate surface area is 159 Å². The van der Waals surface area contributed by atoms with Crippen molar-refractivity contribution < 1.29 is 9.32 Å². The minimum Gasteiger partial charge on any atom is -0.332 e. The molecule has 0 bridgehead atoms. The van der Waals surface area contributed by atoms with Crippen LogP contribution in [0.2, 0.25) is 0 Å². The van der Waals surface area contributed by atoms with Gasteiger partial charge in [-0.15, -0.1) is 11.8 Å². The lowest BCUT2D eigenvalue weighted by atomic mass is 10.3. The fraction of sp³-hybridized carbons (Fsp3) is 0.263. The van der Waals surface area contributed by atoms with E-state index in [1.165, 1.54) is 10.6 Å². The Kier molecular flexibility index (Phi) is 4.81. The fourth-order valence-corrected chi connectivity index (χ4v) is 3.22. The Balaban J connectivity index is 1.57. The fourth-order valence-electron chi connectivity index (χ4n) is 2.76. The average molecular weight is 382 g/mol. The monoisotopic (exact) mass is 382 g/mol. The maximum Gasteiger partial charge on any atom is 0.274 e. The second-order valence-electron chi connectivity index (χ2n) is 6.35. The van der Waals surface area contributed by atoms with Crippen LogP contribution in [0.4, 0.5) is 5.69 Å². The van der Waals surface area contributed by atoms with Crippen LogP contribution in [0.25, 0.3) is 11.6 Å².